The standard InChI is InChI=1S/C54H30N4/c1-3-13-31(14-4-1)55-43-23-9-7-17-33(43)37-25-27-45-49(53(37)55)39-21-11-19-35-41-30-48-42(29-47(41)57(45)51(35)39)36-20-12-22-40-50-46(58(48)52(36)40)28-26-38-34-18-8-10-24-44(34)56(54(38)50)32-15-5-2-6-16-32/h1-30H/i1D,2D,3D,4D,5D,6D,13D,14D,15D,16D. The molecule has 6 aromatic heterocycles. The van der Waals surface area contributed by atoms with E-state index in [1.807, 2.05) is 57.7 Å². The number of fused-ring (bicyclic) bond motifs is 20. The van der Waals surface area contributed by atoms with E-state index in [4.69, 9.17) is 13.7 Å². The molecule has 0 spiro atoms. The summed E-state index contributed by atoms with van der Waals surface area (Å²) in [4.78, 5) is 0. The summed E-state index contributed by atoms with van der Waals surface area (Å²) in [6, 6.07) is 37.8. The Morgan fingerprint density at radius 2 is 0.690 bits per heavy atom. The van der Waals surface area contributed by atoms with Crippen molar-refractivity contribution in [3.8, 4) is 11.4 Å². The number of benzene rings is 9. The van der Waals surface area contributed by atoms with Crippen molar-refractivity contribution < 1.29 is 13.7 Å². The summed E-state index contributed by atoms with van der Waals surface area (Å²) in [5.74, 6) is 0. The van der Waals surface area contributed by atoms with Gasteiger partial charge in [0.2, 0.25) is 0 Å². The molecule has 0 unspecified atom stereocenters. The van der Waals surface area contributed by atoms with Crippen molar-refractivity contribution in [3.05, 3.63) is 182 Å². The van der Waals surface area contributed by atoms with Crippen LogP contribution in [0.25, 0.3) is 131 Å². The summed E-state index contributed by atoms with van der Waals surface area (Å²) in [7, 11) is 0. The number of aromatic nitrogens is 4. The Bertz CT molecular complexity index is 4500. The van der Waals surface area contributed by atoms with Gasteiger partial charge in [0.15, 0.2) is 0 Å². The van der Waals surface area contributed by atoms with Crippen molar-refractivity contribution in [2.75, 3.05) is 0 Å². The van der Waals surface area contributed by atoms with E-state index in [1.165, 1.54) is 0 Å². The molecule has 9 aromatic carbocycles. The molecular weight excluding hydrogens is 705 g/mol. The van der Waals surface area contributed by atoms with Crippen LogP contribution < -0.4 is 0 Å². The quantitative estimate of drug-likeness (QED) is 0.168. The zero-order chi connectivity index (χ0) is 46.1. The van der Waals surface area contributed by atoms with Crippen LogP contribution in [0.15, 0.2) is 182 Å². The number of hydrogen-bond acceptors (Lipinski definition) is 0. The van der Waals surface area contributed by atoms with Crippen LogP contribution in [0.1, 0.15) is 13.7 Å². The summed E-state index contributed by atoms with van der Waals surface area (Å²) in [6.07, 6.45) is 0. The van der Waals surface area contributed by atoms with Crippen LogP contribution in [0.4, 0.5) is 0 Å². The van der Waals surface area contributed by atoms with E-state index < -0.39 is 12.1 Å². The second-order valence-electron chi connectivity index (χ2n) is 15.3. The van der Waals surface area contributed by atoms with E-state index in [1.54, 1.807) is 0 Å². The molecule has 0 aliphatic carbocycles. The van der Waals surface area contributed by atoms with E-state index in [-0.39, 0.29) is 59.7 Å². The molecule has 0 aliphatic rings. The number of rotatable bonds is 2. The average molecular weight is 745 g/mol. The first-order chi connectivity index (χ1) is 33.0. The molecule has 4 heteroatoms. The first-order valence-electron chi connectivity index (χ1n) is 24.3. The molecule has 0 saturated carbocycles. The smallest absolute Gasteiger partial charge is 0.0645 e. The highest BCUT2D eigenvalue weighted by molar-refractivity contribution is 6.34. The molecule has 0 atom stereocenters. The first-order valence-corrected chi connectivity index (χ1v) is 19.3. The summed E-state index contributed by atoms with van der Waals surface area (Å²) in [6.45, 7) is 0. The van der Waals surface area contributed by atoms with Crippen LogP contribution in [-0.4, -0.2) is 17.9 Å². The molecule has 0 N–H and O–H groups in total. The largest absolute Gasteiger partial charge is 0.309 e. The Balaban J connectivity index is 1.08. The van der Waals surface area contributed by atoms with Crippen molar-refractivity contribution in [1.82, 2.24) is 17.9 Å². The van der Waals surface area contributed by atoms with Crippen LogP contribution in [0, 0.1) is 0 Å². The second-order valence-corrected chi connectivity index (χ2v) is 15.3. The third kappa shape index (κ3) is 3.30. The Morgan fingerprint density at radius 3 is 1.16 bits per heavy atom. The highest BCUT2D eigenvalue weighted by Crippen LogP contribution is 2.48. The lowest BCUT2D eigenvalue weighted by Crippen LogP contribution is -1.93. The lowest BCUT2D eigenvalue weighted by Gasteiger charge is -2.09. The minimum atomic E-state index is -0.435. The fourth-order valence-electron chi connectivity index (χ4n) is 10.7. The highest BCUT2D eigenvalue weighted by Gasteiger charge is 2.26. The van der Waals surface area contributed by atoms with Gasteiger partial charge in [0.25, 0.3) is 0 Å². The zero-order valence-electron chi connectivity index (χ0n) is 40.3. The van der Waals surface area contributed by atoms with Crippen LogP contribution in [0.3, 0.4) is 0 Å². The molecule has 0 aliphatic heterocycles. The minimum absolute atomic E-state index is 0.107. The van der Waals surface area contributed by atoms with Crippen LogP contribution in [-0.2, 0) is 0 Å². The summed E-state index contributed by atoms with van der Waals surface area (Å²) in [5, 5.41) is 11.6. The van der Waals surface area contributed by atoms with Gasteiger partial charge in [0.05, 0.1) is 68.9 Å². The highest BCUT2D eigenvalue weighted by atomic mass is 15.0. The van der Waals surface area contributed by atoms with E-state index in [9.17, 15) is 0 Å². The van der Waals surface area contributed by atoms with Gasteiger partial charge >= 0.3 is 0 Å². The minimum Gasteiger partial charge on any atom is -0.309 e. The maximum Gasteiger partial charge on any atom is 0.0645 e. The lowest BCUT2D eigenvalue weighted by molar-refractivity contribution is 1.19. The number of para-hydroxylation sites is 6. The van der Waals surface area contributed by atoms with Crippen LogP contribution in [0.5, 0.6) is 0 Å². The van der Waals surface area contributed by atoms with Gasteiger partial charge in [0, 0.05) is 76.0 Å². The fourth-order valence-corrected chi connectivity index (χ4v) is 10.7. The van der Waals surface area contributed by atoms with Crippen LogP contribution >= 0.6 is 0 Å². The van der Waals surface area contributed by atoms with Gasteiger partial charge in [-0.25, -0.2) is 0 Å². The van der Waals surface area contributed by atoms with Crippen LogP contribution in [0.2, 0.25) is 0 Å². The molecular formula is C54H30N4. The van der Waals surface area contributed by atoms with Gasteiger partial charge in [-0.1, -0.05) is 121 Å². The third-order valence-corrected chi connectivity index (χ3v) is 12.8. The van der Waals surface area contributed by atoms with Crippen molar-refractivity contribution in [3.63, 3.8) is 0 Å². The predicted molar refractivity (Wildman–Crippen MR) is 244 cm³/mol. The van der Waals surface area contributed by atoms with E-state index in [0.29, 0.717) is 0 Å². The average Bonchev–Trinajstić information content (AvgIpc) is 4.20. The Morgan fingerprint density at radius 1 is 0.293 bits per heavy atom. The third-order valence-electron chi connectivity index (χ3n) is 12.8. The monoisotopic (exact) mass is 744 g/mol. The van der Waals surface area contributed by atoms with E-state index in [0.717, 1.165) is 120 Å². The van der Waals surface area contributed by atoms with E-state index >= 15 is 0 Å². The molecule has 6 heterocycles. The van der Waals surface area contributed by atoms with Gasteiger partial charge in [0.1, 0.15) is 0 Å². The Labute approximate surface area is 343 Å². The Kier molecular flexibility index (Phi) is 3.85. The fraction of sp³-hybridized carbons (Fsp3) is 0. The van der Waals surface area contributed by atoms with Gasteiger partial charge in [-0.2, -0.15) is 0 Å². The lowest BCUT2D eigenvalue weighted by atomic mass is 10.0. The molecule has 0 fully saturated rings. The van der Waals surface area contributed by atoms with Crippen molar-refractivity contribution in [2.45, 2.75) is 0 Å². The molecule has 0 amide bonds. The summed E-state index contributed by atoms with van der Waals surface area (Å²) >= 11 is 0. The SMILES string of the molecule is [2H]c1c([2H])c([2H])c(-n2c3ccccc3c3ccc4c(c5cccc6c7cc8c(cc7n4c65)c4cccc5c6c7c(ccc6n8c45)c4ccccc4n7-c4c([2H])c([2H])c([2H])c([2H])c4[2H])c32)c([2H])c1[2H]. The number of nitrogens with zero attached hydrogens (tertiary/aromatic N) is 4. The Hall–Kier alpha value is -7.82. The predicted octanol–water partition coefficient (Wildman–Crippen LogP) is 14.2. The van der Waals surface area contributed by atoms with Crippen molar-refractivity contribution in [2.24, 2.45) is 0 Å². The maximum atomic E-state index is 9.11. The van der Waals surface area contributed by atoms with Crippen molar-refractivity contribution in [1.29, 1.82) is 0 Å². The molecule has 0 bridgehead atoms. The van der Waals surface area contributed by atoms with Crippen molar-refractivity contribution >= 4 is 120 Å². The normalized spacial score (nSPS) is 15.2. The zero-order valence-corrected chi connectivity index (χ0v) is 30.3. The molecule has 0 saturated heterocycles. The maximum absolute atomic E-state index is 9.11. The molecule has 0 radical (unpaired) electrons. The molecule has 4 nitrogen and oxygen atoms in total. The summed E-state index contributed by atoms with van der Waals surface area (Å²) < 4.78 is 96.1. The second kappa shape index (κ2) is 10.1. The van der Waals surface area contributed by atoms with E-state index in [2.05, 4.69) is 81.6 Å². The van der Waals surface area contributed by atoms with Gasteiger partial charge in [-0.05, 0) is 60.6 Å². The molecule has 58 heavy (non-hydrogen) atoms. The topological polar surface area (TPSA) is 18.7 Å². The molecule has 266 valence electrons. The first kappa shape index (κ1) is 22.1. The molecule has 15 aromatic rings. The summed E-state index contributed by atoms with van der Waals surface area (Å²) in [5.41, 5.74) is 9.15. The van der Waals surface area contributed by atoms with Gasteiger partial charge < -0.3 is 17.9 Å². The number of hydrogen-bond donors (Lipinski definition) is 0. The van der Waals surface area contributed by atoms with Gasteiger partial charge in [-0.3, -0.25) is 0 Å². The van der Waals surface area contributed by atoms with Gasteiger partial charge in [-0.15, -0.1) is 0 Å². The molecule has 15 rings (SSSR count).